The maximum atomic E-state index is 12.1. The number of carbonyl (C=O) groups is 1. The van der Waals surface area contributed by atoms with E-state index in [0.29, 0.717) is 24.3 Å². The standard InChI is InChI=1S/C19H22N2O4S/c1-25-17-4-2-3-16(13-17)20-19(22)12-7-14-5-10-18(11-6-14)26(23,24)21-15-8-9-15/h2-6,10-11,13,15,21H,7-9,12H2,1H3,(H,20,22). The second-order valence-electron chi connectivity index (χ2n) is 6.32. The van der Waals surface area contributed by atoms with E-state index in [-0.39, 0.29) is 16.8 Å². The Morgan fingerprint density at radius 3 is 2.54 bits per heavy atom. The summed E-state index contributed by atoms with van der Waals surface area (Å²) in [6, 6.07) is 13.9. The van der Waals surface area contributed by atoms with E-state index >= 15 is 0 Å². The van der Waals surface area contributed by atoms with Gasteiger partial charge in [-0.1, -0.05) is 18.2 Å². The lowest BCUT2D eigenvalue weighted by atomic mass is 10.1. The van der Waals surface area contributed by atoms with Crippen molar-refractivity contribution in [3.8, 4) is 5.75 Å². The van der Waals surface area contributed by atoms with Gasteiger partial charge in [-0.2, -0.15) is 0 Å². The number of hydrogen-bond acceptors (Lipinski definition) is 4. The number of amides is 1. The fourth-order valence-corrected chi connectivity index (χ4v) is 3.81. The summed E-state index contributed by atoms with van der Waals surface area (Å²) in [7, 11) is -1.86. The van der Waals surface area contributed by atoms with E-state index in [1.54, 1.807) is 43.5 Å². The van der Waals surface area contributed by atoms with E-state index in [1.165, 1.54) is 0 Å². The molecular formula is C19H22N2O4S. The molecule has 0 atom stereocenters. The molecular weight excluding hydrogens is 352 g/mol. The van der Waals surface area contributed by atoms with E-state index in [9.17, 15) is 13.2 Å². The van der Waals surface area contributed by atoms with E-state index < -0.39 is 10.0 Å². The molecule has 7 heteroatoms. The molecule has 2 aromatic carbocycles. The van der Waals surface area contributed by atoms with Gasteiger partial charge >= 0.3 is 0 Å². The minimum atomic E-state index is -3.43. The van der Waals surface area contributed by atoms with Crippen molar-refractivity contribution >= 4 is 21.6 Å². The molecule has 0 heterocycles. The van der Waals surface area contributed by atoms with Crippen LogP contribution >= 0.6 is 0 Å². The number of nitrogens with one attached hydrogen (secondary N) is 2. The van der Waals surface area contributed by atoms with Crippen LogP contribution < -0.4 is 14.8 Å². The molecule has 26 heavy (non-hydrogen) atoms. The van der Waals surface area contributed by atoms with Gasteiger partial charge in [0.2, 0.25) is 15.9 Å². The molecule has 1 aliphatic rings. The molecule has 1 aliphatic carbocycles. The molecule has 2 aromatic rings. The Balaban J connectivity index is 1.53. The number of aryl methyl sites for hydroxylation is 1. The van der Waals surface area contributed by atoms with Gasteiger partial charge in [0.05, 0.1) is 12.0 Å². The summed E-state index contributed by atoms with van der Waals surface area (Å²) >= 11 is 0. The monoisotopic (exact) mass is 374 g/mol. The highest BCUT2D eigenvalue weighted by Gasteiger charge is 2.27. The second kappa shape index (κ2) is 7.88. The first-order valence-electron chi connectivity index (χ1n) is 8.51. The van der Waals surface area contributed by atoms with Crippen LogP contribution in [0.15, 0.2) is 53.4 Å². The third kappa shape index (κ3) is 5.06. The summed E-state index contributed by atoms with van der Waals surface area (Å²) in [6.45, 7) is 0. The Morgan fingerprint density at radius 2 is 1.88 bits per heavy atom. The van der Waals surface area contributed by atoms with E-state index in [1.807, 2.05) is 12.1 Å². The van der Waals surface area contributed by atoms with Crippen LogP contribution in [0.25, 0.3) is 0 Å². The fraction of sp³-hybridized carbons (Fsp3) is 0.316. The minimum absolute atomic E-state index is 0.0833. The minimum Gasteiger partial charge on any atom is -0.497 e. The van der Waals surface area contributed by atoms with Crippen LogP contribution in [-0.4, -0.2) is 27.5 Å². The van der Waals surface area contributed by atoms with Gasteiger partial charge in [-0.15, -0.1) is 0 Å². The normalized spacial score (nSPS) is 14.0. The van der Waals surface area contributed by atoms with E-state index in [4.69, 9.17) is 4.74 Å². The number of benzene rings is 2. The predicted octanol–water partition coefficient (Wildman–Crippen LogP) is 2.71. The van der Waals surface area contributed by atoms with Crippen molar-refractivity contribution in [2.24, 2.45) is 0 Å². The SMILES string of the molecule is COc1cccc(NC(=O)CCc2ccc(S(=O)(=O)NC3CC3)cc2)c1. The Morgan fingerprint density at radius 1 is 1.15 bits per heavy atom. The molecule has 0 aliphatic heterocycles. The third-order valence-electron chi connectivity index (χ3n) is 4.13. The second-order valence-corrected chi connectivity index (χ2v) is 8.03. The molecule has 2 N–H and O–H groups in total. The Kier molecular flexibility index (Phi) is 5.58. The molecule has 0 saturated heterocycles. The van der Waals surface area contributed by atoms with Crippen molar-refractivity contribution in [2.75, 3.05) is 12.4 Å². The molecule has 138 valence electrons. The number of anilines is 1. The van der Waals surface area contributed by atoms with Crippen molar-refractivity contribution < 1.29 is 17.9 Å². The van der Waals surface area contributed by atoms with Crippen molar-refractivity contribution in [3.63, 3.8) is 0 Å². The van der Waals surface area contributed by atoms with Gasteiger partial charge in [0, 0.05) is 24.2 Å². The van der Waals surface area contributed by atoms with Crippen molar-refractivity contribution in [2.45, 2.75) is 36.6 Å². The van der Waals surface area contributed by atoms with Crippen molar-refractivity contribution in [1.82, 2.24) is 4.72 Å². The Hall–Kier alpha value is -2.38. The lowest BCUT2D eigenvalue weighted by Gasteiger charge is -2.08. The average Bonchev–Trinajstić information content (AvgIpc) is 3.44. The highest BCUT2D eigenvalue weighted by atomic mass is 32.2. The van der Waals surface area contributed by atoms with Crippen LogP contribution in [0, 0.1) is 0 Å². The molecule has 0 unspecified atom stereocenters. The molecule has 3 rings (SSSR count). The maximum Gasteiger partial charge on any atom is 0.240 e. The van der Waals surface area contributed by atoms with Crippen LogP contribution in [0.5, 0.6) is 5.75 Å². The molecule has 6 nitrogen and oxygen atoms in total. The average molecular weight is 374 g/mol. The van der Waals surface area contributed by atoms with Crippen molar-refractivity contribution in [3.05, 3.63) is 54.1 Å². The zero-order chi connectivity index (χ0) is 18.6. The smallest absolute Gasteiger partial charge is 0.240 e. The zero-order valence-corrected chi connectivity index (χ0v) is 15.4. The van der Waals surface area contributed by atoms with E-state index in [2.05, 4.69) is 10.0 Å². The highest BCUT2D eigenvalue weighted by Crippen LogP contribution is 2.22. The van der Waals surface area contributed by atoms with Gasteiger partial charge in [-0.05, 0) is 49.1 Å². The van der Waals surface area contributed by atoms with Gasteiger partial charge < -0.3 is 10.1 Å². The zero-order valence-electron chi connectivity index (χ0n) is 14.6. The van der Waals surface area contributed by atoms with Crippen molar-refractivity contribution in [1.29, 1.82) is 0 Å². The number of hydrogen-bond donors (Lipinski definition) is 2. The van der Waals surface area contributed by atoms with Crippen LogP contribution in [0.3, 0.4) is 0 Å². The Labute approximate surface area is 153 Å². The van der Waals surface area contributed by atoms with Gasteiger partial charge in [0.1, 0.15) is 5.75 Å². The van der Waals surface area contributed by atoms with Crippen LogP contribution in [-0.2, 0) is 21.2 Å². The first-order valence-corrected chi connectivity index (χ1v) is 10.00. The molecule has 1 saturated carbocycles. The quantitative estimate of drug-likeness (QED) is 0.744. The number of rotatable bonds is 8. The van der Waals surface area contributed by atoms with Crippen LogP contribution in [0.1, 0.15) is 24.8 Å². The number of ether oxygens (including phenoxy) is 1. The lowest BCUT2D eigenvalue weighted by molar-refractivity contribution is -0.116. The molecule has 0 bridgehead atoms. The summed E-state index contributed by atoms with van der Waals surface area (Å²) in [5.74, 6) is 0.574. The lowest BCUT2D eigenvalue weighted by Crippen LogP contribution is -2.25. The number of sulfonamides is 1. The summed E-state index contributed by atoms with van der Waals surface area (Å²) in [6.07, 6.45) is 2.65. The fourth-order valence-electron chi connectivity index (χ4n) is 2.51. The third-order valence-corrected chi connectivity index (χ3v) is 5.66. The van der Waals surface area contributed by atoms with Gasteiger partial charge in [0.25, 0.3) is 0 Å². The maximum absolute atomic E-state index is 12.1. The predicted molar refractivity (Wildman–Crippen MR) is 99.7 cm³/mol. The largest absolute Gasteiger partial charge is 0.497 e. The number of carbonyl (C=O) groups excluding carboxylic acids is 1. The summed E-state index contributed by atoms with van der Waals surface area (Å²) in [5, 5.41) is 2.83. The summed E-state index contributed by atoms with van der Waals surface area (Å²) in [5.41, 5.74) is 1.60. The molecule has 1 fully saturated rings. The molecule has 1 amide bonds. The molecule has 0 aromatic heterocycles. The Bertz CT molecular complexity index is 875. The molecule has 0 radical (unpaired) electrons. The van der Waals surface area contributed by atoms with Gasteiger partial charge in [-0.3, -0.25) is 4.79 Å². The van der Waals surface area contributed by atoms with Gasteiger partial charge in [-0.25, -0.2) is 13.1 Å². The molecule has 0 spiro atoms. The number of methoxy groups -OCH3 is 1. The van der Waals surface area contributed by atoms with Crippen LogP contribution in [0.4, 0.5) is 5.69 Å². The van der Waals surface area contributed by atoms with Gasteiger partial charge in [0.15, 0.2) is 0 Å². The highest BCUT2D eigenvalue weighted by molar-refractivity contribution is 7.89. The first kappa shape index (κ1) is 18.4. The van der Waals surface area contributed by atoms with Crippen LogP contribution in [0.2, 0.25) is 0 Å². The summed E-state index contributed by atoms with van der Waals surface area (Å²) in [4.78, 5) is 12.3. The topological polar surface area (TPSA) is 84.5 Å². The first-order chi connectivity index (χ1) is 12.5. The van der Waals surface area contributed by atoms with E-state index in [0.717, 1.165) is 18.4 Å². The summed E-state index contributed by atoms with van der Waals surface area (Å²) < 4.78 is 32.0.